The molecule has 0 rings (SSSR count). The second kappa shape index (κ2) is 9.31. The lowest BCUT2D eigenvalue weighted by Gasteiger charge is -2.15. The van der Waals surface area contributed by atoms with E-state index in [-0.39, 0.29) is 4.58 Å². The number of rotatable bonds is 7. The van der Waals surface area contributed by atoms with Gasteiger partial charge in [-0.25, -0.2) is 0 Å². The van der Waals surface area contributed by atoms with Crippen molar-refractivity contribution in [3.8, 4) is 0 Å². The van der Waals surface area contributed by atoms with E-state index in [4.69, 9.17) is 0 Å². The lowest BCUT2D eigenvalue weighted by Crippen LogP contribution is -2.12. The Morgan fingerprint density at radius 3 is 2.62 bits per heavy atom. The predicted molar refractivity (Wildman–Crippen MR) is 67.4 cm³/mol. The summed E-state index contributed by atoms with van der Waals surface area (Å²) in [5, 5.41) is 1.79. The normalized spacial score (nSPS) is 16.3. The Hall–Kier alpha value is 0.750. The van der Waals surface area contributed by atoms with Gasteiger partial charge >= 0.3 is 0 Å². The quantitative estimate of drug-likeness (QED) is 0.383. The van der Waals surface area contributed by atoms with E-state index in [9.17, 15) is 4.55 Å². The van der Waals surface area contributed by atoms with Crippen molar-refractivity contribution in [2.24, 2.45) is 0 Å². The van der Waals surface area contributed by atoms with Crippen molar-refractivity contribution >= 4 is 32.8 Å². The molecule has 78 valence electrons. The van der Waals surface area contributed by atoms with Gasteiger partial charge in [-0.2, -0.15) is 0 Å². The molecule has 4 heteroatoms. The van der Waals surface area contributed by atoms with E-state index in [2.05, 4.69) is 13.8 Å². The highest BCUT2D eigenvalue weighted by Gasteiger charge is 2.18. The fraction of sp³-hybridized carbons (Fsp3) is 0.778. The van der Waals surface area contributed by atoms with Crippen LogP contribution in [-0.4, -0.2) is 14.9 Å². The van der Waals surface area contributed by atoms with E-state index < -0.39 is 11.2 Å². The van der Waals surface area contributed by atoms with Gasteiger partial charge < -0.3 is 4.55 Å². The highest BCUT2D eigenvalue weighted by atomic mass is 33.1. The Kier molecular flexibility index (Phi) is 9.85. The van der Waals surface area contributed by atoms with Crippen LogP contribution in [0.3, 0.4) is 0 Å². The highest BCUT2D eigenvalue weighted by molar-refractivity contribution is 8.78. The van der Waals surface area contributed by atoms with Crippen LogP contribution in [0.4, 0.5) is 0 Å². The number of hydrogen-bond acceptors (Lipinski definition) is 3. The standard InChI is InChI=1S/C9H18OS3/c1-4-7-11-12-9(6-3)13(10)8-5-2/h5,8-9H,4,6-7H2,1-3H3. The minimum absolute atomic E-state index is 0.257. The summed E-state index contributed by atoms with van der Waals surface area (Å²) in [5.41, 5.74) is 0. The van der Waals surface area contributed by atoms with Crippen LogP contribution in [0.1, 0.15) is 33.6 Å². The summed E-state index contributed by atoms with van der Waals surface area (Å²) in [6.45, 7) is 6.16. The van der Waals surface area contributed by atoms with Crippen molar-refractivity contribution in [1.82, 2.24) is 0 Å². The third-order valence-electron chi connectivity index (χ3n) is 1.33. The lowest BCUT2D eigenvalue weighted by molar-refractivity contribution is 0.599. The monoisotopic (exact) mass is 238 g/mol. The predicted octanol–water partition coefficient (Wildman–Crippen LogP) is 3.80. The molecule has 0 aromatic rings. The van der Waals surface area contributed by atoms with Crippen LogP contribution in [0.15, 0.2) is 11.5 Å². The first-order chi connectivity index (χ1) is 6.26. The van der Waals surface area contributed by atoms with Gasteiger partial charge in [-0.05, 0) is 41.4 Å². The van der Waals surface area contributed by atoms with Crippen molar-refractivity contribution in [2.75, 3.05) is 5.75 Å². The molecule has 0 amide bonds. The van der Waals surface area contributed by atoms with Crippen LogP contribution < -0.4 is 0 Å². The lowest BCUT2D eigenvalue weighted by atomic mass is 10.6. The van der Waals surface area contributed by atoms with E-state index in [1.54, 1.807) is 16.2 Å². The second-order valence-electron chi connectivity index (χ2n) is 2.55. The maximum Gasteiger partial charge on any atom is 0.175 e. The molecule has 0 aliphatic carbocycles. The highest BCUT2D eigenvalue weighted by Crippen LogP contribution is 2.33. The molecule has 2 unspecified atom stereocenters. The van der Waals surface area contributed by atoms with Crippen molar-refractivity contribution < 1.29 is 4.55 Å². The minimum atomic E-state index is -0.800. The fourth-order valence-corrected chi connectivity index (χ4v) is 5.37. The Bertz CT molecular complexity index is 139. The molecule has 0 aliphatic rings. The van der Waals surface area contributed by atoms with Crippen LogP contribution in [0.5, 0.6) is 0 Å². The van der Waals surface area contributed by atoms with Crippen molar-refractivity contribution in [1.29, 1.82) is 0 Å². The zero-order valence-electron chi connectivity index (χ0n) is 8.49. The summed E-state index contributed by atoms with van der Waals surface area (Å²) >= 11 is -0.800. The molecule has 0 aliphatic heterocycles. The van der Waals surface area contributed by atoms with Crippen LogP contribution >= 0.6 is 21.6 Å². The Morgan fingerprint density at radius 1 is 1.46 bits per heavy atom. The maximum atomic E-state index is 11.6. The van der Waals surface area contributed by atoms with E-state index in [1.165, 1.54) is 6.42 Å². The third kappa shape index (κ3) is 6.77. The number of allylic oxidation sites excluding steroid dienone is 1. The van der Waals surface area contributed by atoms with E-state index in [1.807, 2.05) is 23.8 Å². The van der Waals surface area contributed by atoms with E-state index in [0.717, 1.165) is 12.2 Å². The average molecular weight is 238 g/mol. The minimum Gasteiger partial charge on any atom is -0.611 e. The van der Waals surface area contributed by atoms with Crippen LogP contribution in [0.25, 0.3) is 0 Å². The summed E-state index contributed by atoms with van der Waals surface area (Å²) < 4.78 is 11.8. The fourth-order valence-electron chi connectivity index (χ4n) is 0.700. The maximum absolute atomic E-state index is 11.6. The van der Waals surface area contributed by atoms with Gasteiger partial charge in [0.05, 0.1) is 0 Å². The Labute approximate surface area is 92.7 Å². The molecule has 0 aromatic carbocycles. The SMILES string of the molecule is CC=C[S+]([O-])C(CC)SSCCC. The summed E-state index contributed by atoms with van der Waals surface area (Å²) in [6.07, 6.45) is 4.02. The van der Waals surface area contributed by atoms with Crippen LogP contribution in [-0.2, 0) is 11.2 Å². The zero-order valence-corrected chi connectivity index (χ0v) is 10.9. The summed E-state index contributed by atoms with van der Waals surface area (Å²) in [4.78, 5) is 0. The Balaban J connectivity index is 3.73. The molecular formula is C9H18OS3. The first-order valence-electron chi connectivity index (χ1n) is 4.56. The Morgan fingerprint density at radius 2 is 2.15 bits per heavy atom. The van der Waals surface area contributed by atoms with Gasteiger partial charge in [0.1, 0.15) is 5.41 Å². The first kappa shape index (κ1) is 13.8. The average Bonchev–Trinajstić information content (AvgIpc) is 2.13. The summed E-state index contributed by atoms with van der Waals surface area (Å²) in [6, 6.07) is 0. The van der Waals surface area contributed by atoms with Crippen LogP contribution in [0, 0.1) is 0 Å². The molecule has 0 fully saturated rings. The van der Waals surface area contributed by atoms with Gasteiger partial charge in [0, 0.05) is 12.2 Å². The van der Waals surface area contributed by atoms with E-state index >= 15 is 0 Å². The zero-order chi connectivity index (χ0) is 10.1. The molecule has 0 bridgehead atoms. The topological polar surface area (TPSA) is 23.1 Å². The molecule has 0 saturated carbocycles. The van der Waals surface area contributed by atoms with Crippen molar-refractivity contribution in [3.63, 3.8) is 0 Å². The molecule has 0 heterocycles. The largest absolute Gasteiger partial charge is 0.611 e. The molecule has 2 atom stereocenters. The van der Waals surface area contributed by atoms with Crippen molar-refractivity contribution in [3.05, 3.63) is 11.5 Å². The number of hydrogen-bond donors (Lipinski definition) is 0. The first-order valence-corrected chi connectivity index (χ1v) is 8.22. The smallest absolute Gasteiger partial charge is 0.175 e. The molecule has 0 radical (unpaired) electrons. The molecule has 13 heavy (non-hydrogen) atoms. The van der Waals surface area contributed by atoms with Crippen LogP contribution in [0.2, 0.25) is 0 Å². The third-order valence-corrected chi connectivity index (χ3v) is 6.80. The molecule has 0 aromatic heterocycles. The molecule has 0 N–H and O–H groups in total. The van der Waals surface area contributed by atoms with Gasteiger partial charge in [-0.1, -0.05) is 24.6 Å². The summed E-state index contributed by atoms with van der Waals surface area (Å²) in [7, 11) is 3.59. The van der Waals surface area contributed by atoms with Gasteiger partial charge in [0.2, 0.25) is 0 Å². The van der Waals surface area contributed by atoms with Crippen molar-refractivity contribution in [2.45, 2.75) is 38.2 Å². The van der Waals surface area contributed by atoms with E-state index in [0.29, 0.717) is 0 Å². The molecular weight excluding hydrogens is 220 g/mol. The molecule has 0 spiro atoms. The molecule has 0 saturated heterocycles. The van der Waals surface area contributed by atoms with Gasteiger partial charge in [0.25, 0.3) is 0 Å². The van der Waals surface area contributed by atoms with Gasteiger partial charge in [-0.3, -0.25) is 0 Å². The summed E-state index contributed by atoms with van der Waals surface area (Å²) in [5.74, 6) is 1.15. The molecule has 1 nitrogen and oxygen atoms in total. The van der Waals surface area contributed by atoms with Gasteiger partial charge in [0.15, 0.2) is 4.58 Å². The van der Waals surface area contributed by atoms with Gasteiger partial charge in [-0.15, -0.1) is 0 Å². The second-order valence-corrected chi connectivity index (χ2v) is 7.04.